The molecule has 0 radical (unpaired) electrons. The molecule has 1 aliphatic rings. The van der Waals surface area contributed by atoms with E-state index >= 15 is 0 Å². The molecule has 0 aliphatic carbocycles. The summed E-state index contributed by atoms with van der Waals surface area (Å²) in [5, 5.41) is 9.17. The highest BCUT2D eigenvalue weighted by Crippen LogP contribution is 2.21. The van der Waals surface area contributed by atoms with E-state index in [1.165, 1.54) is 11.3 Å². The number of fused-ring (bicyclic) bond motifs is 1. The van der Waals surface area contributed by atoms with Crippen LogP contribution in [0.1, 0.15) is 17.0 Å². The Morgan fingerprint density at radius 1 is 1.20 bits per heavy atom. The molecule has 0 amide bonds. The molecule has 0 saturated carbocycles. The number of nitrogens with one attached hydrogen (secondary N) is 2. The van der Waals surface area contributed by atoms with Crippen molar-refractivity contribution >= 4 is 28.2 Å². The molecule has 0 aromatic carbocycles. The van der Waals surface area contributed by atoms with Crippen molar-refractivity contribution in [2.45, 2.75) is 19.4 Å². The van der Waals surface area contributed by atoms with Crippen LogP contribution < -0.4 is 22.1 Å². The first-order chi connectivity index (χ1) is 9.72. The van der Waals surface area contributed by atoms with Gasteiger partial charge in [0.2, 0.25) is 5.95 Å². The second-order valence-corrected chi connectivity index (χ2v) is 5.53. The summed E-state index contributed by atoms with van der Waals surface area (Å²) < 4.78 is 0. The molecule has 106 valence electrons. The lowest BCUT2D eigenvalue weighted by molar-refractivity contribution is 0.708. The van der Waals surface area contributed by atoms with E-state index in [1.807, 2.05) is 5.38 Å². The number of aromatic nitrogens is 3. The number of nitrogens with zero attached hydrogens (tertiary/aromatic N) is 3. The summed E-state index contributed by atoms with van der Waals surface area (Å²) in [4.78, 5) is 12.9. The number of rotatable bonds is 3. The lowest BCUT2D eigenvalue weighted by Crippen LogP contribution is -2.16. The van der Waals surface area contributed by atoms with Crippen molar-refractivity contribution in [2.24, 2.45) is 0 Å². The molecule has 0 atom stereocenters. The van der Waals surface area contributed by atoms with Crippen LogP contribution in [0.15, 0.2) is 5.38 Å². The van der Waals surface area contributed by atoms with Crippen LogP contribution in [0.2, 0.25) is 0 Å². The summed E-state index contributed by atoms with van der Waals surface area (Å²) in [6, 6.07) is 0. The quantitative estimate of drug-likeness (QED) is 0.647. The van der Waals surface area contributed by atoms with Crippen LogP contribution in [-0.4, -0.2) is 28.0 Å². The number of nitrogen functional groups attached to an aromatic ring is 2. The van der Waals surface area contributed by atoms with Gasteiger partial charge in [0, 0.05) is 23.9 Å². The minimum Gasteiger partial charge on any atom is -0.375 e. The van der Waals surface area contributed by atoms with Gasteiger partial charge in [-0.2, -0.15) is 4.98 Å². The highest BCUT2D eigenvalue weighted by Gasteiger charge is 2.15. The molecule has 2 aromatic rings. The van der Waals surface area contributed by atoms with Crippen molar-refractivity contribution in [1.82, 2.24) is 20.3 Å². The Kier molecular flexibility index (Phi) is 3.66. The number of hydrogen-bond donors (Lipinski definition) is 4. The topological polar surface area (TPSA) is 115 Å². The van der Waals surface area contributed by atoms with E-state index in [1.54, 1.807) is 0 Å². The summed E-state index contributed by atoms with van der Waals surface area (Å²) in [6.07, 6.45) is 1.78. The van der Waals surface area contributed by atoms with E-state index in [4.69, 9.17) is 11.5 Å². The maximum atomic E-state index is 5.79. The van der Waals surface area contributed by atoms with Gasteiger partial charge in [0.15, 0.2) is 5.13 Å². The second kappa shape index (κ2) is 5.59. The number of nitrogens with two attached hydrogens (primary N) is 2. The van der Waals surface area contributed by atoms with E-state index in [9.17, 15) is 0 Å². The highest BCUT2D eigenvalue weighted by molar-refractivity contribution is 7.13. The predicted molar refractivity (Wildman–Crippen MR) is 80.6 cm³/mol. The van der Waals surface area contributed by atoms with Crippen molar-refractivity contribution in [3.8, 4) is 0 Å². The third kappa shape index (κ3) is 2.81. The molecule has 1 aliphatic heterocycles. The van der Waals surface area contributed by atoms with Crippen LogP contribution in [-0.2, 0) is 19.4 Å². The van der Waals surface area contributed by atoms with Gasteiger partial charge in [-0.15, -0.1) is 11.3 Å². The summed E-state index contributed by atoms with van der Waals surface area (Å²) in [5.74, 6) is 1.12. The fourth-order valence-electron chi connectivity index (χ4n) is 2.29. The Morgan fingerprint density at radius 3 is 2.85 bits per heavy atom. The molecule has 0 saturated heterocycles. The molecule has 0 bridgehead atoms. The third-order valence-corrected chi connectivity index (χ3v) is 3.93. The summed E-state index contributed by atoms with van der Waals surface area (Å²) in [5.41, 5.74) is 14.5. The molecule has 20 heavy (non-hydrogen) atoms. The summed E-state index contributed by atoms with van der Waals surface area (Å²) in [6.45, 7) is 2.44. The van der Waals surface area contributed by atoms with Crippen LogP contribution in [0, 0.1) is 0 Å². The molecule has 3 rings (SSSR count). The van der Waals surface area contributed by atoms with Gasteiger partial charge in [-0.25, -0.2) is 9.97 Å². The van der Waals surface area contributed by atoms with Gasteiger partial charge in [-0.05, 0) is 13.0 Å². The second-order valence-electron chi connectivity index (χ2n) is 4.64. The van der Waals surface area contributed by atoms with Crippen molar-refractivity contribution in [1.29, 1.82) is 0 Å². The van der Waals surface area contributed by atoms with E-state index in [0.717, 1.165) is 48.7 Å². The lowest BCUT2D eigenvalue weighted by atomic mass is 10.1. The third-order valence-electron chi connectivity index (χ3n) is 3.21. The fourth-order valence-corrected chi connectivity index (χ4v) is 2.85. The number of hydrogen-bond acceptors (Lipinski definition) is 8. The Labute approximate surface area is 120 Å². The van der Waals surface area contributed by atoms with E-state index in [2.05, 4.69) is 25.6 Å². The Bertz CT molecular complexity index is 610. The van der Waals surface area contributed by atoms with Crippen LogP contribution in [0.5, 0.6) is 0 Å². The number of thiazole rings is 1. The van der Waals surface area contributed by atoms with Crippen LogP contribution in [0.3, 0.4) is 0 Å². The molecule has 0 fully saturated rings. The summed E-state index contributed by atoms with van der Waals surface area (Å²) in [7, 11) is 0. The van der Waals surface area contributed by atoms with Crippen molar-refractivity contribution < 1.29 is 0 Å². The van der Waals surface area contributed by atoms with Crippen LogP contribution in [0.4, 0.5) is 16.9 Å². The molecular weight excluding hydrogens is 274 g/mol. The standard InChI is InChI=1S/C12H17N7S/c13-11-18-9-2-4-15-3-1-8(9)10(19-11)16-5-7-6-20-12(14)17-7/h6,15H,1-5H2,(H2,14,17)(H3,13,16,18,19). The van der Waals surface area contributed by atoms with Gasteiger partial charge >= 0.3 is 0 Å². The molecule has 6 N–H and O–H groups in total. The summed E-state index contributed by atoms with van der Waals surface area (Å²) >= 11 is 1.43. The molecule has 0 spiro atoms. The monoisotopic (exact) mass is 291 g/mol. The molecule has 7 nitrogen and oxygen atoms in total. The highest BCUT2D eigenvalue weighted by atomic mass is 32.1. The van der Waals surface area contributed by atoms with Gasteiger partial charge in [-0.3, -0.25) is 0 Å². The average Bonchev–Trinajstić information content (AvgIpc) is 2.69. The molecule has 8 heteroatoms. The zero-order chi connectivity index (χ0) is 13.9. The van der Waals surface area contributed by atoms with Crippen LogP contribution >= 0.6 is 11.3 Å². The zero-order valence-corrected chi connectivity index (χ0v) is 11.8. The van der Waals surface area contributed by atoms with Gasteiger partial charge in [-0.1, -0.05) is 0 Å². The fraction of sp³-hybridized carbons (Fsp3) is 0.417. The zero-order valence-electron chi connectivity index (χ0n) is 11.0. The molecular formula is C12H17N7S. The molecule has 3 heterocycles. The van der Waals surface area contributed by atoms with Gasteiger partial charge in [0.05, 0.1) is 17.9 Å². The van der Waals surface area contributed by atoms with Crippen LogP contribution in [0.25, 0.3) is 0 Å². The Balaban J connectivity index is 1.83. The van der Waals surface area contributed by atoms with Gasteiger partial charge in [0.1, 0.15) is 5.82 Å². The van der Waals surface area contributed by atoms with Crippen molar-refractivity contribution in [3.05, 3.63) is 22.3 Å². The largest absolute Gasteiger partial charge is 0.375 e. The van der Waals surface area contributed by atoms with Crippen molar-refractivity contribution in [3.63, 3.8) is 0 Å². The first kappa shape index (κ1) is 13.1. The first-order valence-corrected chi connectivity index (χ1v) is 7.40. The number of anilines is 3. The Morgan fingerprint density at radius 2 is 2.05 bits per heavy atom. The first-order valence-electron chi connectivity index (χ1n) is 6.52. The normalized spacial score (nSPS) is 14.6. The van der Waals surface area contributed by atoms with Gasteiger partial charge < -0.3 is 22.1 Å². The smallest absolute Gasteiger partial charge is 0.222 e. The molecule has 2 aromatic heterocycles. The minimum atomic E-state index is 0.311. The van der Waals surface area contributed by atoms with E-state index in [-0.39, 0.29) is 0 Å². The SMILES string of the molecule is Nc1nc2c(c(NCc3csc(N)n3)n1)CCNCC2. The average molecular weight is 291 g/mol. The predicted octanol–water partition coefficient (Wildman–Crippen LogP) is 0.398. The van der Waals surface area contributed by atoms with E-state index in [0.29, 0.717) is 17.6 Å². The van der Waals surface area contributed by atoms with E-state index < -0.39 is 0 Å². The van der Waals surface area contributed by atoms with Gasteiger partial charge in [0.25, 0.3) is 0 Å². The lowest BCUT2D eigenvalue weighted by Gasteiger charge is -2.12. The maximum absolute atomic E-state index is 5.79. The Hall–Kier alpha value is -1.93. The minimum absolute atomic E-state index is 0.311. The van der Waals surface area contributed by atoms with Crippen molar-refractivity contribution in [2.75, 3.05) is 29.9 Å². The maximum Gasteiger partial charge on any atom is 0.222 e. The molecule has 0 unspecified atom stereocenters.